The molecule has 1 fully saturated rings. The van der Waals surface area contributed by atoms with Crippen LogP contribution in [-0.2, 0) is 4.79 Å². The Hall–Kier alpha value is -0.610. The van der Waals surface area contributed by atoms with Gasteiger partial charge in [0.1, 0.15) is 0 Å². The molecule has 4 heteroatoms. The van der Waals surface area contributed by atoms with Gasteiger partial charge in [0.15, 0.2) is 0 Å². The third-order valence-electron chi connectivity index (χ3n) is 3.11. The number of carbonyl (C=O) groups excluding carboxylic acids is 1. The zero-order valence-electron chi connectivity index (χ0n) is 10.4. The molecule has 0 bridgehead atoms. The fourth-order valence-electron chi connectivity index (χ4n) is 2.03. The lowest BCUT2D eigenvalue weighted by molar-refractivity contribution is -0.133. The van der Waals surface area contributed by atoms with Crippen LogP contribution in [0, 0.1) is 5.92 Å². The van der Waals surface area contributed by atoms with Crippen LogP contribution in [0.1, 0.15) is 39.5 Å². The van der Waals surface area contributed by atoms with Gasteiger partial charge in [-0.1, -0.05) is 0 Å². The molecule has 1 heterocycles. The van der Waals surface area contributed by atoms with Crippen LogP contribution >= 0.6 is 0 Å². The van der Waals surface area contributed by atoms with Crippen LogP contribution in [0.2, 0.25) is 0 Å². The van der Waals surface area contributed by atoms with Crippen LogP contribution in [-0.4, -0.2) is 41.1 Å². The summed E-state index contributed by atoms with van der Waals surface area (Å²) in [6.45, 7) is 5.60. The fraction of sp³-hybridized carbons (Fsp3) is 0.917. The van der Waals surface area contributed by atoms with Crippen LogP contribution in [0.15, 0.2) is 0 Å². The van der Waals surface area contributed by atoms with Crippen molar-refractivity contribution in [2.75, 3.05) is 19.7 Å². The summed E-state index contributed by atoms with van der Waals surface area (Å²) in [5.74, 6) is 0.445. The number of carbonyl (C=O) groups is 1. The molecule has 1 saturated heterocycles. The summed E-state index contributed by atoms with van der Waals surface area (Å²) in [7, 11) is 0. The molecule has 0 aromatic rings. The van der Waals surface area contributed by atoms with E-state index in [-0.39, 0.29) is 24.0 Å². The Balaban J connectivity index is 2.36. The van der Waals surface area contributed by atoms with Gasteiger partial charge in [0, 0.05) is 31.7 Å². The summed E-state index contributed by atoms with van der Waals surface area (Å²) in [5, 5.41) is 9.09. The first-order chi connectivity index (χ1) is 7.42. The highest BCUT2D eigenvalue weighted by Gasteiger charge is 2.24. The average Bonchev–Trinajstić information content (AvgIpc) is 2.25. The molecule has 0 aliphatic carbocycles. The Labute approximate surface area is 97.8 Å². The van der Waals surface area contributed by atoms with Crippen LogP contribution in [0.5, 0.6) is 0 Å². The van der Waals surface area contributed by atoms with Crippen molar-refractivity contribution in [3.05, 3.63) is 0 Å². The van der Waals surface area contributed by atoms with E-state index in [4.69, 9.17) is 10.8 Å². The van der Waals surface area contributed by atoms with Gasteiger partial charge in [-0.05, 0) is 39.0 Å². The van der Waals surface area contributed by atoms with Gasteiger partial charge in [0.05, 0.1) is 0 Å². The monoisotopic (exact) mass is 228 g/mol. The summed E-state index contributed by atoms with van der Waals surface area (Å²) in [6.07, 6.45) is 3.26. The van der Waals surface area contributed by atoms with Gasteiger partial charge in [-0.15, -0.1) is 0 Å². The van der Waals surface area contributed by atoms with E-state index in [2.05, 4.69) is 0 Å². The Morgan fingerprint density at radius 3 is 2.81 bits per heavy atom. The highest BCUT2D eigenvalue weighted by Crippen LogP contribution is 2.18. The first kappa shape index (κ1) is 13.5. The maximum Gasteiger partial charge on any atom is 0.222 e. The van der Waals surface area contributed by atoms with Crippen molar-refractivity contribution in [2.45, 2.75) is 45.1 Å². The third-order valence-corrected chi connectivity index (χ3v) is 3.11. The number of piperidine rings is 1. The molecule has 1 atom stereocenters. The second-order valence-electron chi connectivity index (χ2n) is 5.52. The van der Waals surface area contributed by atoms with E-state index < -0.39 is 0 Å². The van der Waals surface area contributed by atoms with E-state index in [1.807, 2.05) is 18.7 Å². The molecule has 0 saturated carbocycles. The van der Waals surface area contributed by atoms with E-state index in [1.165, 1.54) is 0 Å². The summed E-state index contributed by atoms with van der Waals surface area (Å²) in [6, 6.07) is 0. The Kier molecular flexibility index (Phi) is 4.74. The Morgan fingerprint density at radius 2 is 2.25 bits per heavy atom. The van der Waals surface area contributed by atoms with E-state index in [1.54, 1.807) is 0 Å². The molecule has 1 rings (SSSR count). The van der Waals surface area contributed by atoms with E-state index in [0.29, 0.717) is 19.4 Å². The summed E-state index contributed by atoms with van der Waals surface area (Å²) in [4.78, 5) is 13.8. The van der Waals surface area contributed by atoms with E-state index >= 15 is 0 Å². The molecule has 0 spiro atoms. The standard InChI is InChI=1S/C12H24N2O2/c1-12(2,13)6-5-11(16)14-7-3-4-10(8-14)9-15/h10,15H,3-9,13H2,1-2H3. The van der Waals surface area contributed by atoms with Gasteiger partial charge >= 0.3 is 0 Å². The van der Waals surface area contributed by atoms with Crippen molar-refractivity contribution in [2.24, 2.45) is 11.7 Å². The van der Waals surface area contributed by atoms with Crippen LogP contribution in [0.25, 0.3) is 0 Å². The van der Waals surface area contributed by atoms with E-state index in [9.17, 15) is 4.79 Å². The zero-order valence-corrected chi connectivity index (χ0v) is 10.4. The van der Waals surface area contributed by atoms with Crippen molar-refractivity contribution in [3.8, 4) is 0 Å². The maximum absolute atomic E-state index is 11.9. The van der Waals surface area contributed by atoms with Gasteiger partial charge in [0.2, 0.25) is 5.91 Å². The van der Waals surface area contributed by atoms with Crippen LogP contribution in [0.4, 0.5) is 0 Å². The predicted octanol–water partition coefficient (Wildman–Crippen LogP) is 0.735. The van der Waals surface area contributed by atoms with Crippen LogP contribution < -0.4 is 5.73 Å². The lowest BCUT2D eigenvalue weighted by atomic mass is 9.96. The molecule has 0 aromatic carbocycles. The molecule has 1 aliphatic heterocycles. The molecular weight excluding hydrogens is 204 g/mol. The quantitative estimate of drug-likeness (QED) is 0.745. The third kappa shape index (κ3) is 4.49. The number of hydrogen-bond donors (Lipinski definition) is 2. The van der Waals surface area contributed by atoms with Crippen LogP contribution in [0.3, 0.4) is 0 Å². The number of likely N-dealkylation sites (tertiary alicyclic amines) is 1. The minimum absolute atomic E-state index is 0.177. The Bertz CT molecular complexity index is 236. The second-order valence-corrected chi connectivity index (χ2v) is 5.52. The van der Waals surface area contributed by atoms with Crippen molar-refractivity contribution >= 4 is 5.91 Å². The van der Waals surface area contributed by atoms with E-state index in [0.717, 1.165) is 19.4 Å². The van der Waals surface area contributed by atoms with Gasteiger partial charge in [-0.2, -0.15) is 0 Å². The fourth-order valence-corrected chi connectivity index (χ4v) is 2.03. The number of rotatable bonds is 4. The number of hydrogen-bond acceptors (Lipinski definition) is 3. The SMILES string of the molecule is CC(C)(N)CCC(=O)N1CCCC(CO)C1. The zero-order chi connectivity index (χ0) is 12.2. The molecule has 0 radical (unpaired) electrons. The highest BCUT2D eigenvalue weighted by atomic mass is 16.3. The van der Waals surface area contributed by atoms with Gasteiger partial charge in [-0.3, -0.25) is 4.79 Å². The number of amides is 1. The molecule has 94 valence electrons. The first-order valence-corrected chi connectivity index (χ1v) is 6.10. The van der Waals surface area contributed by atoms with Crippen molar-refractivity contribution in [3.63, 3.8) is 0 Å². The topological polar surface area (TPSA) is 66.6 Å². The summed E-state index contributed by atoms with van der Waals surface area (Å²) in [5.41, 5.74) is 5.58. The second kappa shape index (κ2) is 5.64. The largest absolute Gasteiger partial charge is 0.396 e. The van der Waals surface area contributed by atoms with Gasteiger partial charge in [0.25, 0.3) is 0 Å². The van der Waals surface area contributed by atoms with Crippen molar-refractivity contribution in [1.29, 1.82) is 0 Å². The lowest BCUT2D eigenvalue weighted by Crippen LogP contribution is -2.42. The summed E-state index contributed by atoms with van der Waals surface area (Å²) >= 11 is 0. The molecule has 4 nitrogen and oxygen atoms in total. The first-order valence-electron chi connectivity index (χ1n) is 6.10. The normalized spacial score (nSPS) is 22.2. The molecular formula is C12H24N2O2. The van der Waals surface area contributed by atoms with Gasteiger partial charge < -0.3 is 15.7 Å². The molecule has 1 amide bonds. The number of aliphatic hydroxyl groups excluding tert-OH is 1. The molecule has 1 unspecified atom stereocenters. The average molecular weight is 228 g/mol. The maximum atomic E-state index is 11.9. The lowest BCUT2D eigenvalue weighted by Gasteiger charge is -2.32. The molecule has 16 heavy (non-hydrogen) atoms. The molecule has 3 N–H and O–H groups in total. The minimum Gasteiger partial charge on any atom is -0.396 e. The smallest absolute Gasteiger partial charge is 0.222 e. The number of aliphatic hydroxyl groups is 1. The number of nitrogens with zero attached hydrogens (tertiary/aromatic N) is 1. The minimum atomic E-state index is -0.276. The Morgan fingerprint density at radius 1 is 1.56 bits per heavy atom. The van der Waals surface area contributed by atoms with Crippen molar-refractivity contribution < 1.29 is 9.90 Å². The highest BCUT2D eigenvalue weighted by molar-refractivity contribution is 5.76. The van der Waals surface area contributed by atoms with Crippen molar-refractivity contribution in [1.82, 2.24) is 4.90 Å². The molecule has 0 aromatic heterocycles. The summed E-state index contributed by atoms with van der Waals surface area (Å²) < 4.78 is 0. The van der Waals surface area contributed by atoms with Gasteiger partial charge in [-0.25, -0.2) is 0 Å². The predicted molar refractivity (Wildman–Crippen MR) is 63.9 cm³/mol. The molecule has 1 aliphatic rings. The number of nitrogens with two attached hydrogens (primary N) is 1.